The Morgan fingerprint density at radius 1 is 1.23 bits per heavy atom. The molecular weight excluding hydrogens is 382 g/mol. The standard InChI is InChI=1S/C23H29N3O4/c1-14-8-19(30-15(14)2)13-24-10-16-9-17(11-24)22(23(29)25-7-6-18(27)12-25)26-20(16)4-3-5-21(26)28/h3-5,8,16-18,22,27H,6-7,9-13H2,1-2H3/t16-,17+,18-,22+/m0/s1. The fourth-order valence-electron chi connectivity index (χ4n) is 5.55. The maximum atomic E-state index is 13.5. The number of piperidine rings is 1. The summed E-state index contributed by atoms with van der Waals surface area (Å²) in [5.41, 5.74) is 2.00. The number of furan rings is 1. The van der Waals surface area contributed by atoms with Crippen LogP contribution in [0.1, 0.15) is 47.6 Å². The minimum atomic E-state index is -0.502. The molecule has 3 aliphatic rings. The number of hydrogen-bond acceptors (Lipinski definition) is 5. The first-order chi connectivity index (χ1) is 14.4. The van der Waals surface area contributed by atoms with Crippen LogP contribution >= 0.6 is 0 Å². The van der Waals surface area contributed by atoms with Crippen molar-refractivity contribution in [1.29, 1.82) is 0 Å². The van der Waals surface area contributed by atoms with Gasteiger partial charge in [0.25, 0.3) is 5.56 Å². The largest absolute Gasteiger partial charge is 0.465 e. The van der Waals surface area contributed by atoms with Gasteiger partial charge >= 0.3 is 0 Å². The van der Waals surface area contributed by atoms with E-state index in [4.69, 9.17) is 4.42 Å². The summed E-state index contributed by atoms with van der Waals surface area (Å²) in [6, 6.07) is 6.93. The monoisotopic (exact) mass is 411 g/mol. The highest BCUT2D eigenvalue weighted by molar-refractivity contribution is 5.81. The Bertz CT molecular complexity index is 1010. The number of amides is 1. The van der Waals surface area contributed by atoms with Crippen molar-refractivity contribution in [3.05, 3.63) is 57.4 Å². The van der Waals surface area contributed by atoms with Crippen LogP contribution in [0.5, 0.6) is 0 Å². The number of fused-ring (bicyclic) bond motifs is 4. The van der Waals surface area contributed by atoms with Gasteiger partial charge in [0.15, 0.2) is 0 Å². The topological polar surface area (TPSA) is 78.9 Å². The number of pyridine rings is 1. The molecule has 2 aromatic rings. The van der Waals surface area contributed by atoms with E-state index in [2.05, 4.69) is 17.9 Å². The molecule has 5 rings (SSSR count). The summed E-state index contributed by atoms with van der Waals surface area (Å²) in [6.45, 7) is 7.25. The molecule has 0 aliphatic carbocycles. The fourth-order valence-corrected chi connectivity index (χ4v) is 5.55. The van der Waals surface area contributed by atoms with Crippen molar-refractivity contribution in [1.82, 2.24) is 14.4 Å². The lowest BCUT2D eigenvalue weighted by atomic mass is 9.78. The third kappa shape index (κ3) is 3.30. The summed E-state index contributed by atoms with van der Waals surface area (Å²) in [5.74, 6) is 2.15. The van der Waals surface area contributed by atoms with E-state index >= 15 is 0 Å². The SMILES string of the molecule is Cc1cc(CN2C[C@@H]3C[C@H](C2)[C@H](C(=O)N2CC[C@H](O)C2)n2c3cccc2=O)oc1C. The Morgan fingerprint density at radius 3 is 2.77 bits per heavy atom. The number of hydrogen-bond donors (Lipinski definition) is 1. The molecule has 3 aliphatic heterocycles. The molecule has 2 saturated heterocycles. The number of β-amino-alcohol motifs (C(OH)–C–C–N with tert-alkyl or cyclic N) is 1. The van der Waals surface area contributed by atoms with E-state index in [1.165, 1.54) is 0 Å². The highest BCUT2D eigenvalue weighted by atomic mass is 16.3. The number of nitrogens with zero attached hydrogens (tertiary/aromatic N) is 3. The van der Waals surface area contributed by atoms with Crippen LogP contribution in [-0.2, 0) is 11.3 Å². The van der Waals surface area contributed by atoms with Crippen LogP contribution in [0.15, 0.2) is 33.5 Å². The van der Waals surface area contributed by atoms with E-state index in [1.807, 2.05) is 13.0 Å². The molecule has 4 atom stereocenters. The van der Waals surface area contributed by atoms with Crippen LogP contribution in [0.3, 0.4) is 0 Å². The second kappa shape index (κ2) is 7.39. The van der Waals surface area contributed by atoms with E-state index in [1.54, 1.807) is 21.6 Å². The van der Waals surface area contributed by atoms with Crippen molar-refractivity contribution in [2.75, 3.05) is 26.2 Å². The van der Waals surface area contributed by atoms with Gasteiger partial charge in [-0.1, -0.05) is 6.07 Å². The predicted octanol–water partition coefficient (Wildman–Crippen LogP) is 1.81. The highest BCUT2D eigenvalue weighted by Crippen LogP contribution is 2.42. The number of aromatic nitrogens is 1. The van der Waals surface area contributed by atoms with Gasteiger partial charge in [0.1, 0.15) is 17.6 Å². The lowest BCUT2D eigenvalue weighted by Gasteiger charge is -2.46. The second-order valence-electron chi connectivity index (χ2n) is 9.17. The van der Waals surface area contributed by atoms with Gasteiger partial charge in [-0.15, -0.1) is 0 Å². The normalized spacial score (nSPS) is 28.6. The van der Waals surface area contributed by atoms with Crippen molar-refractivity contribution < 1.29 is 14.3 Å². The molecule has 7 heteroatoms. The number of carbonyl (C=O) groups is 1. The van der Waals surface area contributed by atoms with Crippen LogP contribution in [0.2, 0.25) is 0 Å². The Morgan fingerprint density at radius 2 is 2.07 bits per heavy atom. The molecule has 30 heavy (non-hydrogen) atoms. The third-order valence-corrected chi connectivity index (χ3v) is 7.05. The van der Waals surface area contributed by atoms with Gasteiger partial charge in [-0.25, -0.2) is 0 Å². The van der Waals surface area contributed by atoms with Gasteiger partial charge < -0.3 is 14.4 Å². The third-order valence-electron chi connectivity index (χ3n) is 7.05. The summed E-state index contributed by atoms with van der Waals surface area (Å²) < 4.78 is 7.64. The predicted molar refractivity (Wildman–Crippen MR) is 111 cm³/mol. The van der Waals surface area contributed by atoms with Crippen LogP contribution < -0.4 is 5.56 Å². The van der Waals surface area contributed by atoms with Crippen molar-refractivity contribution in [2.45, 2.75) is 51.3 Å². The summed E-state index contributed by atoms with van der Waals surface area (Å²) in [7, 11) is 0. The van der Waals surface area contributed by atoms with Crippen molar-refractivity contribution >= 4 is 5.91 Å². The summed E-state index contributed by atoms with van der Waals surface area (Å²) >= 11 is 0. The molecule has 0 saturated carbocycles. The van der Waals surface area contributed by atoms with Gasteiger partial charge in [0, 0.05) is 49.8 Å². The number of likely N-dealkylation sites (tertiary alicyclic amines) is 2. The molecule has 5 heterocycles. The Kier molecular flexibility index (Phi) is 4.82. The van der Waals surface area contributed by atoms with Crippen molar-refractivity contribution in [2.24, 2.45) is 5.92 Å². The quantitative estimate of drug-likeness (QED) is 0.834. The van der Waals surface area contributed by atoms with Gasteiger partial charge in [0.05, 0.1) is 12.6 Å². The molecule has 2 fully saturated rings. The van der Waals surface area contributed by atoms with Crippen LogP contribution in [0, 0.1) is 19.8 Å². The second-order valence-corrected chi connectivity index (χ2v) is 9.17. The lowest BCUT2D eigenvalue weighted by Crippen LogP contribution is -2.53. The minimum Gasteiger partial charge on any atom is -0.465 e. The Balaban J connectivity index is 1.47. The first-order valence-corrected chi connectivity index (χ1v) is 10.9. The number of aliphatic hydroxyl groups is 1. The average molecular weight is 412 g/mol. The Labute approximate surface area is 175 Å². The number of aryl methyl sites for hydroxylation is 2. The first-order valence-electron chi connectivity index (χ1n) is 10.9. The van der Waals surface area contributed by atoms with Crippen molar-refractivity contribution in [3.8, 4) is 0 Å². The van der Waals surface area contributed by atoms with Crippen LogP contribution in [-0.4, -0.2) is 57.7 Å². The molecule has 2 aromatic heterocycles. The maximum absolute atomic E-state index is 13.5. The molecule has 1 N–H and O–H groups in total. The van der Waals surface area contributed by atoms with Gasteiger partial charge in [0.2, 0.25) is 5.91 Å². The molecule has 0 aromatic carbocycles. The van der Waals surface area contributed by atoms with Crippen LogP contribution in [0.25, 0.3) is 0 Å². The van der Waals surface area contributed by atoms with Gasteiger partial charge in [-0.2, -0.15) is 0 Å². The molecule has 0 unspecified atom stereocenters. The molecule has 1 amide bonds. The van der Waals surface area contributed by atoms with Crippen LogP contribution in [0.4, 0.5) is 0 Å². The van der Waals surface area contributed by atoms with E-state index < -0.39 is 12.1 Å². The maximum Gasteiger partial charge on any atom is 0.251 e. The number of rotatable bonds is 3. The lowest BCUT2D eigenvalue weighted by molar-refractivity contribution is -0.137. The van der Waals surface area contributed by atoms with Crippen molar-refractivity contribution in [3.63, 3.8) is 0 Å². The zero-order chi connectivity index (χ0) is 21.0. The van der Waals surface area contributed by atoms with E-state index in [-0.39, 0.29) is 23.3 Å². The zero-order valence-corrected chi connectivity index (χ0v) is 17.6. The van der Waals surface area contributed by atoms with E-state index in [0.29, 0.717) is 26.1 Å². The molecule has 7 nitrogen and oxygen atoms in total. The van der Waals surface area contributed by atoms with E-state index in [0.717, 1.165) is 42.3 Å². The van der Waals surface area contributed by atoms with E-state index in [9.17, 15) is 14.7 Å². The summed E-state index contributed by atoms with van der Waals surface area (Å²) in [4.78, 5) is 30.4. The molecular formula is C23H29N3O4. The van der Waals surface area contributed by atoms with Gasteiger partial charge in [-0.05, 0) is 44.4 Å². The summed E-state index contributed by atoms with van der Waals surface area (Å²) in [5, 5.41) is 9.92. The first kappa shape index (κ1) is 19.6. The van der Waals surface area contributed by atoms with Gasteiger partial charge in [-0.3, -0.25) is 19.1 Å². The summed E-state index contributed by atoms with van der Waals surface area (Å²) in [6.07, 6.45) is 1.04. The molecule has 0 radical (unpaired) electrons. The number of aliphatic hydroxyl groups excluding tert-OH is 1. The Hall–Kier alpha value is -2.38. The zero-order valence-electron chi connectivity index (χ0n) is 17.6. The molecule has 160 valence electrons. The smallest absolute Gasteiger partial charge is 0.251 e. The molecule has 0 spiro atoms. The number of carbonyl (C=O) groups excluding carboxylic acids is 1. The highest BCUT2D eigenvalue weighted by Gasteiger charge is 2.45. The molecule has 2 bridgehead atoms. The fraction of sp³-hybridized carbons (Fsp3) is 0.565. The average Bonchev–Trinajstić information content (AvgIpc) is 3.27. The minimum absolute atomic E-state index is 0.0314.